The second-order valence-corrected chi connectivity index (χ2v) is 18.9. The third-order valence-corrected chi connectivity index (χ3v) is 13.8. The minimum Gasteiger partial charge on any atom is -0.274 e. The summed E-state index contributed by atoms with van der Waals surface area (Å²) < 4.78 is 0. The van der Waals surface area contributed by atoms with Crippen LogP contribution < -0.4 is 0 Å². The summed E-state index contributed by atoms with van der Waals surface area (Å²) in [5.74, 6) is -0.616. The fraction of sp³-hybridized carbons (Fsp3) is 0.741. The summed E-state index contributed by atoms with van der Waals surface area (Å²) in [6.07, 6.45) is 38.9. The first-order valence-electron chi connectivity index (χ1n) is 25.7. The molecule has 336 valence electrons. The van der Waals surface area contributed by atoms with Crippen molar-refractivity contribution in [3.05, 3.63) is 46.5 Å². The molecule has 0 fully saturated rings. The van der Waals surface area contributed by atoms with Crippen LogP contribution in [0.25, 0.3) is 10.8 Å². The van der Waals surface area contributed by atoms with E-state index in [1.807, 2.05) is 12.1 Å². The van der Waals surface area contributed by atoms with Crippen molar-refractivity contribution in [1.29, 1.82) is 0 Å². The van der Waals surface area contributed by atoms with Gasteiger partial charge < -0.3 is 0 Å². The monoisotopic (exact) mass is 827 g/mol. The molecule has 0 aromatic heterocycles. The van der Waals surface area contributed by atoms with Gasteiger partial charge in [0.05, 0.1) is 11.1 Å². The molecule has 0 saturated carbocycles. The molecule has 4 rings (SSSR count). The Morgan fingerprint density at radius 1 is 0.383 bits per heavy atom. The van der Waals surface area contributed by atoms with Crippen LogP contribution in [0.4, 0.5) is 0 Å². The van der Waals surface area contributed by atoms with E-state index in [0.29, 0.717) is 46.1 Å². The van der Waals surface area contributed by atoms with Gasteiger partial charge in [-0.25, -0.2) is 0 Å². The number of carbonyl (C=O) groups is 4. The van der Waals surface area contributed by atoms with E-state index in [1.54, 1.807) is 12.1 Å². The van der Waals surface area contributed by atoms with Crippen LogP contribution in [0.5, 0.6) is 0 Å². The van der Waals surface area contributed by atoms with Crippen molar-refractivity contribution in [2.45, 2.75) is 233 Å². The summed E-state index contributed by atoms with van der Waals surface area (Å²) in [7, 11) is 0. The van der Waals surface area contributed by atoms with Crippen LogP contribution in [0.3, 0.4) is 0 Å². The Balaban J connectivity index is 1.48. The SMILES string of the molecule is CCCCCCCCCCC(CCCCCCCC)CN1C(=O)c2cc3c4c(cccc4c2C1=O)C(=O)N(CC(CCCCCCCC)CCCCCCCCCC)C3=O. The highest BCUT2D eigenvalue weighted by Crippen LogP contribution is 2.39. The van der Waals surface area contributed by atoms with Gasteiger partial charge in [-0.15, -0.1) is 0 Å². The number of imide groups is 2. The minimum absolute atomic E-state index is 0.252. The van der Waals surface area contributed by atoms with Crippen LogP contribution in [-0.2, 0) is 0 Å². The van der Waals surface area contributed by atoms with E-state index >= 15 is 0 Å². The Hall–Kier alpha value is -3.02. The van der Waals surface area contributed by atoms with Crippen molar-refractivity contribution in [2.75, 3.05) is 13.1 Å². The maximum Gasteiger partial charge on any atom is 0.262 e. The lowest BCUT2D eigenvalue weighted by Gasteiger charge is -2.31. The minimum atomic E-state index is -0.315. The molecule has 4 amide bonds. The number of hydrogen-bond donors (Lipinski definition) is 0. The number of carbonyl (C=O) groups excluding carboxylic acids is 4. The van der Waals surface area contributed by atoms with Crippen LogP contribution in [0.15, 0.2) is 24.3 Å². The summed E-state index contributed by atoms with van der Waals surface area (Å²) in [5, 5.41) is 1.11. The number of unbranched alkanes of at least 4 members (excludes halogenated alkanes) is 24. The molecule has 0 saturated heterocycles. The molecule has 2 unspecified atom stereocenters. The smallest absolute Gasteiger partial charge is 0.262 e. The second-order valence-electron chi connectivity index (χ2n) is 18.9. The van der Waals surface area contributed by atoms with Crippen molar-refractivity contribution >= 4 is 34.4 Å². The first kappa shape index (κ1) is 49.6. The molecule has 2 atom stereocenters. The number of amides is 4. The van der Waals surface area contributed by atoms with Gasteiger partial charge in [0.25, 0.3) is 23.6 Å². The van der Waals surface area contributed by atoms with Gasteiger partial charge in [0, 0.05) is 29.6 Å². The number of hydrogen-bond acceptors (Lipinski definition) is 4. The Labute approximate surface area is 366 Å². The lowest BCUT2D eigenvalue weighted by Crippen LogP contribution is -2.43. The number of rotatable bonds is 36. The number of fused-ring (bicyclic) bond motifs is 2. The second kappa shape index (κ2) is 28.6. The zero-order valence-electron chi connectivity index (χ0n) is 39.0. The van der Waals surface area contributed by atoms with Gasteiger partial charge >= 0.3 is 0 Å². The van der Waals surface area contributed by atoms with Gasteiger partial charge in [0.15, 0.2) is 0 Å². The molecule has 0 aliphatic carbocycles. The van der Waals surface area contributed by atoms with Gasteiger partial charge in [0.1, 0.15) is 0 Å². The van der Waals surface area contributed by atoms with Crippen molar-refractivity contribution in [3.63, 3.8) is 0 Å². The maximum absolute atomic E-state index is 14.5. The third-order valence-electron chi connectivity index (χ3n) is 13.8. The van der Waals surface area contributed by atoms with Crippen molar-refractivity contribution in [1.82, 2.24) is 9.80 Å². The number of benzene rings is 2. The molecule has 0 bridgehead atoms. The molecule has 0 N–H and O–H groups in total. The molecule has 2 aromatic rings. The van der Waals surface area contributed by atoms with Gasteiger partial charge in [-0.3, -0.25) is 29.0 Å². The summed E-state index contributed by atoms with van der Waals surface area (Å²) in [4.78, 5) is 60.4. The Morgan fingerprint density at radius 2 is 0.717 bits per heavy atom. The molecule has 2 aliphatic rings. The molecule has 2 aromatic carbocycles. The van der Waals surface area contributed by atoms with Crippen LogP contribution in [0.2, 0.25) is 0 Å². The molecule has 6 nitrogen and oxygen atoms in total. The highest BCUT2D eigenvalue weighted by Gasteiger charge is 2.42. The van der Waals surface area contributed by atoms with Gasteiger partial charge in [-0.2, -0.15) is 0 Å². The molecule has 0 radical (unpaired) electrons. The highest BCUT2D eigenvalue weighted by molar-refractivity contribution is 6.33. The standard InChI is InChI=1S/C54H86N2O4/c1-5-9-13-17-21-23-27-31-35-43(34-29-25-19-15-11-7-3)41-55-51(57)46-39-33-38-45-49(46)47(52(55)58)40-48-50(45)54(60)56(53(48)59)42-44(36-30-26-20-16-12-8-4)37-32-28-24-22-18-14-10-6-2/h33,38-40,43-44H,5-32,34-37,41-42H2,1-4H3. The quantitative estimate of drug-likeness (QED) is 0.0506. The summed E-state index contributed by atoms with van der Waals surface area (Å²) in [6, 6.07) is 7.14. The zero-order chi connectivity index (χ0) is 43.0. The van der Waals surface area contributed by atoms with E-state index in [-0.39, 0.29) is 35.5 Å². The molecule has 0 spiro atoms. The van der Waals surface area contributed by atoms with Gasteiger partial charge in [0.2, 0.25) is 0 Å². The van der Waals surface area contributed by atoms with E-state index in [0.717, 1.165) is 51.4 Å². The van der Waals surface area contributed by atoms with Gasteiger partial charge in [-0.05, 0) is 55.0 Å². The molecular weight excluding hydrogens is 741 g/mol. The lowest BCUT2D eigenvalue weighted by atomic mass is 9.87. The fourth-order valence-corrected chi connectivity index (χ4v) is 10.0. The highest BCUT2D eigenvalue weighted by atomic mass is 16.2. The van der Waals surface area contributed by atoms with E-state index in [4.69, 9.17) is 0 Å². The van der Waals surface area contributed by atoms with Crippen molar-refractivity contribution in [3.8, 4) is 0 Å². The third kappa shape index (κ3) is 15.1. The molecule has 60 heavy (non-hydrogen) atoms. The van der Waals surface area contributed by atoms with Crippen LogP contribution in [0, 0.1) is 11.8 Å². The van der Waals surface area contributed by atoms with E-state index in [9.17, 15) is 19.2 Å². The fourth-order valence-electron chi connectivity index (χ4n) is 10.0. The maximum atomic E-state index is 14.5. The molecule has 6 heteroatoms. The summed E-state index contributed by atoms with van der Waals surface area (Å²) in [5.41, 5.74) is 1.57. The predicted octanol–water partition coefficient (Wildman–Crippen LogP) is 15.8. The van der Waals surface area contributed by atoms with Crippen LogP contribution >= 0.6 is 0 Å². The molecule has 2 heterocycles. The lowest BCUT2D eigenvalue weighted by molar-refractivity contribution is 0.0574. The zero-order valence-corrected chi connectivity index (χ0v) is 39.0. The van der Waals surface area contributed by atoms with E-state index in [2.05, 4.69) is 27.7 Å². The first-order chi connectivity index (χ1) is 29.4. The average Bonchev–Trinajstić information content (AvgIpc) is 3.49. The molecule has 2 aliphatic heterocycles. The number of nitrogens with zero attached hydrogens (tertiary/aromatic N) is 2. The van der Waals surface area contributed by atoms with Gasteiger partial charge in [-0.1, -0.05) is 220 Å². The van der Waals surface area contributed by atoms with Crippen molar-refractivity contribution < 1.29 is 19.2 Å². The average molecular weight is 827 g/mol. The summed E-state index contributed by atoms with van der Waals surface area (Å²) in [6.45, 7) is 9.84. The van der Waals surface area contributed by atoms with E-state index in [1.165, 1.54) is 164 Å². The molecular formula is C54H86N2O4. The topological polar surface area (TPSA) is 74.8 Å². The summed E-state index contributed by atoms with van der Waals surface area (Å²) >= 11 is 0. The Kier molecular flexibility index (Phi) is 23.6. The van der Waals surface area contributed by atoms with E-state index < -0.39 is 0 Å². The predicted molar refractivity (Wildman–Crippen MR) is 252 cm³/mol. The van der Waals surface area contributed by atoms with Crippen molar-refractivity contribution in [2.24, 2.45) is 11.8 Å². The Morgan fingerprint density at radius 3 is 1.12 bits per heavy atom. The first-order valence-corrected chi connectivity index (χ1v) is 25.7. The Bertz CT molecular complexity index is 1600. The largest absolute Gasteiger partial charge is 0.274 e. The van der Waals surface area contributed by atoms with Crippen LogP contribution in [0.1, 0.15) is 275 Å². The normalized spacial score (nSPS) is 14.9. The van der Waals surface area contributed by atoms with Crippen LogP contribution in [-0.4, -0.2) is 46.5 Å².